The third kappa shape index (κ3) is 9.95. The van der Waals surface area contributed by atoms with Crippen LogP contribution in [-0.4, -0.2) is 35.5 Å². The van der Waals surface area contributed by atoms with Crippen molar-refractivity contribution in [2.24, 2.45) is 0 Å². The minimum absolute atomic E-state index is 0.0370. The summed E-state index contributed by atoms with van der Waals surface area (Å²) in [6.07, 6.45) is -0.0370. The molecule has 0 aliphatic rings. The predicted molar refractivity (Wildman–Crippen MR) is 65.9 cm³/mol. The van der Waals surface area contributed by atoms with Gasteiger partial charge in [0, 0.05) is 13.2 Å². The maximum atomic E-state index is 5.06. The molecule has 0 saturated heterocycles. The zero-order chi connectivity index (χ0) is 11.5. The Morgan fingerprint density at radius 3 is 1.80 bits per heavy atom. The van der Waals surface area contributed by atoms with Crippen LogP contribution in [0.3, 0.4) is 0 Å². The molecule has 0 aliphatic carbocycles. The Morgan fingerprint density at radius 2 is 1.53 bits per heavy atom. The first-order valence-electron chi connectivity index (χ1n) is 5.17. The molecule has 0 N–H and O–H groups in total. The van der Waals surface area contributed by atoms with Crippen LogP contribution < -0.4 is 4.46 Å². The molecule has 0 radical (unpaired) electrons. The number of benzene rings is 1. The Labute approximate surface area is 101 Å². The summed E-state index contributed by atoms with van der Waals surface area (Å²) < 4.78 is 11.4. The molecule has 15 heavy (non-hydrogen) atoms. The van der Waals surface area contributed by atoms with Gasteiger partial charge in [-0.2, -0.15) is 0 Å². The second kappa shape index (κ2) is 10.2. The van der Waals surface area contributed by atoms with Crippen molar-refractivity contribution < 1.29 is 9.47 Å². The third-order valence-electron chi connectivity index (χ3n) is 1.56. The quantitative estimate of drug-likeness (QED) is 0.614. The van der Waals surface area contributed by atoms with Gasteiger partial charge in [-0.1, -0.05) is 0 Å². The fraction of sp³-hybridized carbons (Fsp3) is 0.500. The summed E-state index contributed by atoms with van der Waals surface area (Å²) >= 11 is 2.49. The molecule has 0 fully saturated rings. The van der Waals surface area contributed by atoms with Crippen LogP contribution in [0.25, 0.3) is 0 Å². The molecule has 0 heterocycles. The average molecular weight is 275 g/mol. The van der Waals surface area contributed by atoms with Crippen molar-refractivity contribution in [3.63, 3.8) is 0 Å². The number of rotatable bonds is 4. The fourth-order valence-electron chi connectivity index (χ4n) is 0.946. The van der Waals surface area contributed by atoms with E-state index < -0.39 is 0 Å². The van der Waals surface area contributed by atoms with Gasteiger partial charge in [0.1, 0.15) is 0 Å². The fourth-order valence-corrected chi connectivity index (χ4v) is 1.31. The molecule has 1 rings (SSSR count). The zero-order valence-corrected chi connectivity index (χ0v) is 11.5. The topological polar surface area (TPSA) is 18.5 Å². The van der Waals surface area contributed by atoms with Crippen molar-refractivity contribution in [3.05, 3.63) is 30.3 Å². The van der Waals surface area contributed by atoms with E-state index in [1.807, 2.05) is 39.0 Å². The second-order valence-electron chi connectivity index (χ2n) is 2.81. The van der Waals surface area contributed by atoms with Crippen molar-refractivity contribution in [2.75, 3.05) is 13.2 Å². The van der Waals surface area contributed by atoms with Crippen molar-refractivity contribution in [1.82, 2.24) is 0 Å². The van der Waals surface area contributed by atoms with E-state index in [9.17, 15) is 0 Å². The van der Waals surface area contributed by atoms with Crippen LogP contribution >= 0.6 is 0 Å². The van der Waals surface area contributed by atoms with Crippen LogP contribution in [0.5, 0.6) is 0 Å². The molecule has 0 aliphatic heterocycles. The summed E-state index contributed by atoms with van der Waals surface area (Å²) in [5.41, 5.74) is 0. The molecule has 1 aromatic carbocycles. The van der Waals surface area contributed by atoms with Crippen LogP contribution in [0.15, 0.2) is 30.3 Å². The molecule has 2 nitrogen and oxygen atoms in total. The van der Waals surface area contributed by atoms with Gasteiger partial charge in [0.05, 0.1) is 0 Å². The first-order chi connectivity index (χ1) is 7.20. The van der Waals surface area contributed by atoms with Gasteiger partial charge in [-0.05, 0) is 20.8 Å². The van der Waals surface area contributed by atoms with Crippen molar-refractivity contribution in [2.45, 2.75) is 27.1 Å². The van der Waals surface area contributed by atoms with E-state index >= 15 is 0 Å². The van der Waals surface area contributed by atoms with Crippen LogP contribution in [0.2, 0.25) is 0 Å². The number of hydrogen-bond acceptors (Lipinski definition) is 2. The monoisotopic (exact) mass is 276 g/mol. The van der Waals surface area contributed by atoms with Gasteiger partial charge in [0.25, 0.3) is 0 Å². The van der Waals surface area contributed by atoms with Crippen LogP contribution in [0, 0.1) is 0 Å². The third-order valence-corrected chi connectivity index (χ3v) is 2.18. The molecule has 0 amide bonds. The molecule has 3 heteroatoms. The molecule has 0 unspecified atom stereocenters. The summed E-state index contributed by atoms with van der Waals surface area (Å²) in [4.78, 5) is 0. The van der Waals surface area contributed by atoms with E-state index in [1.54, 1.807) is 0 Å². The van der Waals surface area contributed by atoms with E-state index in [1.165, 1.54) is 4.46 Å². The van der Waals surface area contributed by atoms with Gasteiger partial charge < -0.3 is 9.47 Å². The molecule has 1 aromatic rings. The number of ether oxygens (including phenoxy) is 2. The Hall–Kier alpha value is -0.341. The van der Waals surface area contributed by atoms with Crippen molar-refractivity contribution >= 4 is 20.5 Å². The summed E-state index contributed by atoms with van der Waals surface area (Å²) in [5.74, 6) is 0. The maximum absolute atomic E-state index is 5.06. The van der Waals surface area contributed by atoms with E-state index in [2.05, 4.69) is 28.1 Å². The van der Waals surface area contributed by atoms with Gasteiger partial charge in [-0.3, -0.25) is 0 Å². The van der Waals surface area contributed by atoms with Crippen LogP contribution in [0.4, 0.5) is 0 Å². The Morgan fingerprint density at radius 1 is 1.07 bits per heavy atom. The van der Waals surface area contributed by atoms with E-state index in [-0.39, 0.29) is 6.29 Å². The molecule has 0 atom stereocenters. The van der Waals surface area contributed by atoms with E-state index in [4.69, 9.17) is 9.47 Å². The van der Waals surface area contributed by atoms with E-state index in [0.29, 0.717) is 0 Å². The van der Waals surface area contributed by atoms with Gasteiger partial charge in [0.15, 0.2) is 6.29 Å². The second-order valence-corrected chi connectivity index (χ2v) is 3.90. The minimum atomic E-state index is -0.0370. The van der Waals surface area contributed by atoms with Crippen LogP contribution in [-0.2, 0) is 9.47 Å². The first kappa shape index (κ1) is 14.7. The van der Waals surface area contributed by atoms with Crippen molar-refractivity contribution in [3.8, 4) is 0 Å². The van der Waals surface area contributed by atoms with Gasteiger partial charge >= 0.3 is 50.8 Å². The molecular weight excluding hydrogens is 255 g/mol. The number of hydrogen-bond donors (Lipinski definition) is 0. The standard InChI is InChI=1S/C6H14O2.C6H6Se/c1-4-7-6(3)8-5-2;7-6-4-2-1-3-5-6/h6H,4-5H2,1-3H3;1-5,7H. The average Bonchev–Trinajstić information content (AvgIpc) is 2.20. The Kier molecular flexibility index (Phi) is 9.96. The van der Waals surface area contributed by atoms with Crippen molar-refractivity contribution in [1.29, 1.82) is 0 Å². The zero-order valence-electron chi connectivity index (χ0n) is 9.64. The molecule has 86 valence electrons. The molecule has 0 aromatic heterocycles. The molecule has 0 saturated carbocycles. The van der Waals surface area contributed by atoms with E-state index in [0.717, 1.165) is 13.2 Å². The SMILES string of the molecule is CCOC(C)OCC.[SeH]c1ccccc1. The molecular formula is C12H20O2Se. The normalized spacial score (nSPS) is 9.67. The Balaban J connectivity index is 0.000000262. The van der Waals surface area contributed by atoms with Gasteiger partial charge in [0.2, 0.25) is 0 Å². The first-order valence-corrected chi connectivity index (χ1v) is 6.11. The van der Waals surface area contributed by atoms with Gasteiger partial charge in [-0.15, -0.1) is 0 Å². The Bertz CT molecular complexity index is 220. The molecule has 0 spiro atoms. The predicted octanol–water partition coefficient (Wildman–Crippen LogP) is 1.62. The van der Waals surface area contributed by atoms with Crippen LogP contribution in [0.1, 0.15) is 20.8 Å². The summed E-state index contributed by atoms with van der Waals surface area (Å²) in [7, 11) is 0. The summed E-state index contributed by atoms with van der Waals surface area (Å²) in [6, 6.07) is 10.2. The summed E-state index contributed by atoms with van der Waals surface area (Å²) in [6.45, 7) is 7.25. The summed E-state index contributed by atoms with van der Waals surface area (Å²) in [5, 5.41) is 0. The molecule has 0 bridgehead atoms. The van der Waals surface area contributed by atoms with Gasteiger partial charge in [-0.25, -0.2) is 0 Å².